The van der Waals surface area contributed by atoms with Crippen LogP contribution in [0.15, 0.2) is 24.3 Å². The summed E-state index contributed by atoms with van der Waals surface area (Å²) in [5.74, 6) is 0.798. The minimum atomic E-state index is 0.373. The van der Waals surface area contributed by atoms with Crippen LogP contribution in [0.5, 0.6) is 0 Å². The Hall–Kier alpha value is -0.570. The first-order chi connectivity index (χ1) is 10.2. The summed E-state index contributed by atoms with van der Waals surface area (Å²) in [6, 6.07) is 10.00. The van der Waals surface area contributed by atoms with Crippen LogP contribution in [-0.4, -0.2) is 18.6 Å². The molecule has 1 aromatic rings. The fourth-order valence-electron chi connectivity index (χ4n) is 4.11. The van der Waals surface area contributed by atoms with Crippen molar-refractivity contribution in [3.05, 3.63) is 34.9 Å². The number of benzene rings is 1. The van der Waals surface area contributed by atoms with Crippen LogP contribution in [0.2, 0.25) is 5.02 Å². The lowest BCUT2D eigenvalue weighted by atomic mass is 9.88. The third-order valence-electron chi connectivity index (χ3n) is 5.25. The lowest BCUT2D eigenvalue weighted by Gasteiger charge is -2.34. The van der Waals surface area contributed by atoms with Crippen molar-refractivity contribution < 1.29 is 0 Å². The summed E-state index contributed by atoms with van der Waals surface area (Å²) in [6.45, 7) is 3.47. The van der Waals surface area contributed by atoms with E-state index in [2.05, 4.69) is 29.7 Å². The van der Waals surface area contributed by atoms with Crippen molar-refractivity contribution in [3.8, 4) is 0 Å². The highest BCUT2D eigenvalue weighted by Crippen LogP contribution is 2.33. The molecule has 0 radical (unpaired) electrons. The molecule has 1 aromatic carbocycles. The molecular formula is C18H27ClN2. The highest BCUT2D eigenvalue weighted by atomic mass is 35.5. The molecule has 2 N–H and O–H groups in total. The van der Waals surface area contributed by atoms with Gasteiger partial charge in [0, 0.05) is 23.1 Å². The van der Waals surface area contributed by atoms with Crippen LogP contribution >= 0.6 is 11.6 Å². The number of hydrogen-bond acceptors (Lipinski definition) is 2. The van der Waals surface area contributed by atoms with Crippen LogP contribution in [-0.2, 0) is 0 Å². The number of hydrogen-bond donors (Lipinski definition) is 2. The monoisotopic (exact) mass is 306 g/mol. The van der Waals surface area contributed by atoms with Gasteiger partial charge in [0.05, 0.1) is 0 Å². The molecule has 0 bridgehead atoms. The van der Waals surface area contributed by atoms with E-state index in [0.717, 1.165) is 17.0 Å². The SMILES string of the molecule is C[C@@H](NC1CCCC1C1CCCCN1)c1cccc(Cl)c1. The second-order valence-corrected chi connectivity index (χ2v) is 7.14. The average molecular weight is 307 g/mol. The number of piperidine rings is 1. The van der Waals surface area contributed by atoms with Crippen molar-refractivity contribution >= 4 is 11.6 Å². The Morgan fingerprint density at radius 2 is 2.10 bits per heavy atom. The lowest BCUT2D eigenvalue weighted by Crippen LogP contribution is -2.47. The third kappa shape index (κ3) is 3.80. The van der Waals surface area contributed by atoms with E-state index in [1.54, 1.807) is 0 Å². The van der Waals surface area contributed by atoms with Gasteiger partial charge in [-0.25, -0.2) is 0 Å². The topological polar surface area (TPSA) is 24.1 Å². The molecule has 4 atom stereocenters. The van der Waals surface area contributed by atoms with Crippen molar-refractivity contribution in [3.63, 3.8) is 0 Å². The largest absolute Gasteiger partial charge is 0.314 e. The molecule has 1 heterocycles. The van der Waals surface area contributed by atoms with E-state index < -0.39 is 0 Å². The first-order valence-corrected chi connectivity index (χ1v) is 8.87. The summed E-state index contributed by atoms with van der Waals surface area (Å²) in [6.07, 6.45) is 8.15. The highest BCUT2D eigenvalue weighted by molar-refractivity contribution is 6.30. The zero-order chi connectivity index (χ0) is 14.7. The van der Waals surface area contributed by atoms with Crippen molar-refractivity contribution in [1.29, 1.82) is 0 Å². The zero-order valence-electron chi connectivity index (χ0n) is 12.9. The summed E-state index contributed by atoms with van der Waals surface area (Å²) >= 11 is 6.12. The first kappa shape index (κ1) is 15.3. The molecule has 0 aromatic heterocycles. The van der Waals surface area contributed by atoms with Gasteiger partial charge in [-0.1, -0.05) is 36.6 Å². The quantitative estimate of drug-likeness (QED) is 0.866. The normalized spacial score (nSPS) is 31.2. The molecule has 2 aliphatic rings. The van der Waals surface area contributed by atoms with Gasteiger partial charge in [-0.05, 0) is 62.8 Å². The van der Waals surface area contributed by atoms with Crippen LogP contribution in [0.1, 0.15) is 57.1 Å². The maximum Gasteiger partial charge on any atom is 0.0409 e. The van der Waals surface area contributed by atoms with Gasteiger partial charge in [0.2, 0.25) is 0 Å². The Labute approximate surface area is 133 Å². The first-order valence-electron chi connectivity index (χ1n) is 8.49. The number of halogens is 1. The molecule has 3 unspecified atom stereocenters. The van der Waals surface area contributed by atoms with Crippen LogP contribution in [0.4, 0.5) is 0 Å². The number of rotatable bonds is 4. The van der Waals surface area contributed by atoms with Crippen LogP contribution < -0.4 is 10.6 Å². The van der Waals surface area contributed by atoms with Crippen molar-refractivity contribution in [2.45, 2.75) is 63.6 Å². The molecule has 1 aliphatic carbocycles. The van der Waals surface area contributed by atoms with Crippen molar-refractivity contribution in [2.75, 3.05) is 6.54 Å². The second-order valence-electron chi connectivity index (χ2n) is 6.70. The Bertz CT molecular complexity index is 456. The maximum absolute atomic E-state index is 6.12. The van der Waals surface area contributed by atoms with Crippen LogP contribution in [0.25, 0.3) is 0 Å². The standard InChI is InChI=1S/C18H27ClN2/c1-13(14-6-4-7-15(19)12-14)21-18-10-5-8-16(18)17-9-2-3-11-20-17/h4,6-7,12-13,16-18,20-21H,2-3,5,8-11H2,1H3/t13-,16?,17?,18?/m1/s1. The van der Waals surface area contributed by atoms with E-state index in [-0.39, 0.29) is 0 Å². The Morgan fingerprint density at radius 3 is 2.86 bits per heavy atom. The molecule has 0 amide bonds. The van der Waals surface area contributed by atoms with Crippen LogP contribution in [0, 0.1) is 5.92 Å². The van der Waals surface area contributed by atoms with Gasteiger partial charge in [-0.2, -0.15) is 0 Å². The van der Waals surface area contributed by atoms with E-state index >= 15 is 0 Å². The third-order valence-corrected chi connectivity index (χ3v) is 5.48. The predicted octanol–water partition coefficient (Wildman–Crippen LogP) is 4.30. The van der Waals surface area contributed by atoms with Crippen molar-refractivity contribution in [2.24, 2.45) is 5.92 Å². The molecule has 2 nitrogen and oxygen atoms in total. The predicted molar refractivity (Wildman–Crippen MR) is 89.8 cm³/mol. The molecule has 1 aliphatic heterocycles. The smallest absolute Gasteiger partial charge is 0.0409 e. The van der Waals surface area contributed by atoms with E-state index in [4.69, 9.17) is 11.6 Å². The Balaban J connectivity index is 1.62. The molecule has 1 saturated carbocycles. The average Bonchev–Trinajstić information content (AvgIpc) is 2.96. The molecule has 3 rings (SSSR count). The molecule has 3 heteroatoms. The summed E-state index contributed by atoms with van der Waals surface area (Å²) in [5.41, 5.74) is 1.30. The zero-order valence-corrected chi connectivity index (χ0v) is 13.7. The second kappa shape index (κ2) is 7.13. The summed E-state index contributed by atoms with van der Waals surface area (Å²) in [7, 11) is 0. The molecule has 0 spiro atoms. The van der Waals surface area contributed by atoms with E-state index in [1.165, 1.54) is 50.6 Å². The van der Waals surface area contributed by atoms with Gasteiger partial charge >= 0.3 is 0 Å². The minimum Gasteiger partial charge on any atom is -0.314 e. The Kier molecular flexibility index (Phi) is 5.20. The van der Waals surface area contributed by atoms with Gasteiger partial charge < -0.3 is 10.6 Å². The van der Waals surface area contributed by atoms with Gasteiger partial charge in [-0.15, -0.1) is 0 Å². The summed E-state index contributed by atoms with van der Waals surface area (Å²) in [5, 5.41) is 8.45. The molecule has 116 valence electrons. The van der Waals surface area contributed by atoms with Crippen molar-refractivity contribution in [1.82, 2.24) is 10.6 Å². The molecule has 1 saturated heterocycles. The van der Waals surface area contributed by atoms with Gasteiger partial charge in [0.15, 0.2) is 0 Å². The lowest BCUT2D eigenvalue weighted by molar-refractivity contribution is 0.248. The van der Waals surface area contributed by atoms with Gasteiger partial charge in [0.1, 0.15) is 0 Å². The molecule has 21 heavy (non-hydrogen) atoms. The van der Waals surface area contributed by atoms with Gasteiger partial charge in [0.25, 0.3) is 0 Å². The van der Waals surface area contributed by atoms with Gasteiger partial charge in [-0.3, -0.25) is 0 Å². The maximum atomic E-state index is 6.12. The fourth-order valence-corrected chi connectivity index (χ4v) is 4.31. The highest BCUT2D eigenvalue weighted by Gasteiger charge is 2.34. The number of nitrogens with one attached hydrogen (secondary N) is 2. The Morgan fingerprint density at radius 1 is 1.19 bits per heavy atom. The van der Waals surface area contributed by atoms with E-state index in [9.17, 15) is 0 Å². The fraction of sp³-hybridized carbons (Fsp3) is 0.667. The van der Waals surface area contributed by atoms with E-state index in [1.807, 2.05) is 12.1 Å². The molecule has 2 fully saturated rings. The summed E-state index contributed by atoms with van der Waals surface area (Å²) < 4.78 is 0. The summed E-state index contributed by atoms with van der Waals surface area (Å²) in [4.78, 5) is 0. The van der Waals surface area contributed by atoms with Crippen LogP contribution in [0.3, 0.4) is 0 Å². The van der Waals surface area contributed by atoms with E-state index in [0.29, 0.717) is 12.1 Å². The minimum absolute atomic E-state index is 0.373. The molecular weight excluding hydrogens is 280 g/mol.